The van der Waals surface area contributed by atoms with E-state index in [1.165, 1.54) is 42.4 Å². The zero-order valence-corrected chi connectivity index (χ0v) is 15.4. The minimum absolute atomic E-state index is 0.0991. The quantitative estimate of drug-likeness (QED) is 0.474. The van der Waals surface area contributed by atoms with E-state index in [0.29, 0.717) is 16.5 Å². The summed E-state index contributed by atoms with van der Waals surface area (Å²) in [4.78, 5) is 22.9. The maximum Gasteiger partial charge on any atom is 0.275 e. The third kappa shape index (κ3) is 4.77. The maximum atomic E-state index is 12.2. The summed E-state index contributed by atoms with van der Waals surface area (Å²) in [5, 5.41) is 18.1. The Morgan fingerprint density at radius 2 is 2.04 bits per heavy atom. The van der Waals surface area contributed by atoms with Gasteiger partial charge in [-0.25, -0.2) is 0 Å². The Balaban J connectivity index is 1.83. The van der Waals surface area contributed by atoms with Crippen molar-refractivity contribution in [1.29, 1.82) is 0 Å². The highest BCUT2D eigenvalue weighted by Crippen LogP contribution is 2.34. The molecule has 144 valence electrons. The molecule has 0 aliphatic heterocycles. The van der Waals surface area contributed by atoms with Crippen molar-refractivity contribution in [1.82, 2.24) is 9.78 Å². The van der Waals surface area contributed by atoms with E-state index < -0.39 is 10.8 Å². The standard InChI is InChI=1S/C18H15ClN4O5/c1-27-16-4-2-3-5-17(16)28-15-7-13(6-14(8-15)23(25)26)21-18(24)11-22-10-12(19)9-20-22/h2-10H,11H2,1H3,(H,21,24). The van der Waals surface area contributed by atoms with Gasteiger partial charge in [0.15, 0.2) is 11.5 Å². The van der Waals surface area contributed by atoms with Crippen LogP contribution in [0.3, 0.4) is 0 Å². The number of benzene rings is 2. The number of ether oxygens (including phenoxy) is 2. The molecule has 1 amide bonds. The first kappa shape index (κ1) is 19.2. The number of aromatic nitrogens is 2. The highest BCUT2D eigenvalue weighted by molar-refractivity contribution is 6.30. The van der Waals surface area contributed by atoms with E-state index in [4.69, 9.17) is 21.1 Å². The smallest absolute Gasteiger partial charge is 0.275 e. The lowest BCUT2D eigenvalue weighted by Crippen LogP contribution is -2.19. The molecule has 3 rings (SSSR count). The van der Waals surface area contributed by atoms with E-state index in [9.17, 15) is 14.9 Å². The molecule has 2 aromatic carbocycles. The Bertz CT molecular complexity index is 1020. The summed E-state index contributed by atoms with van der Waals surface area (Å²) < 4.78 is 12.3. The predicted molar refractivity (Wildman–Crippen MR) is 102 cm³/mol. The fourth-order valence-corrected chi connectivity index (χ4v) is 2.58. The monoisotopic (exact) mass is 402 g/mol. The van der Waals surface area contributed by atoms with Crippen molar-refractivity contribution in [2.75, 3.05) is 12.4 Å². The molecule has 10 heteroatoms. The van der Waals surface area contributed by atoms with Gasteiger partial charge in [0.1, 0.15) is 12.3 Å². The average molecular weight is 403 g/mol. The molecule has 0 saturated carbocycles. The van der Waals surface area contributed by atoms with Crippen LogP contribution in [0.15, 0.2) is 54.9 Å². The number of para-hydroxylation sites is 2. The van der Waals surface area contributed by atoms with Crippen LogP contribution in [0.5, 0.6) is 17.2 Å². The third-order valence-corrected chi connectivity index (χ3v) is 3.79. The molecule has 0 spiro atoms. The van der Waals surface area contributed by atoms with E-state index >= 15 is 0 Å². The number of non-ortho nitro benzene ring substituents is 1. The summed E-state index contributed by atoms with van der Waals surface area (Å²) in [6.07, 6.45) is 2.90. The Morgan fingerprint density at radius 3 is 2.68 bits per heavy atom. The largest absolute Gasteiger partial charge is 0.493 e. The zero-order valence-electron chi connectivity index (χ0n) is 14.7. The lowest BCUT2D eigenvalue weighted by atomic mass is 10.2. The number of nitrogens with one attached hydrogen (secondary N) is 1. The predicted octanol–water partition coefficient (Wildman–Crippen LogP) is 3.88. The van der Waals surface area contributed by atoms with Crippen molar-refractivity contribution in [2.45, 2.75) is 6.54 Å². The second-order valence-corrected chi connectivity index (χ2v) is 6.07. The Kier molecular flexibility index (Phi) is 5.75. The number of anilines is 1. The number of rotatable bonds is 7. The molecule has 3 aromatic rings. The van der Waals surface area contributed by atoms with Gasteiger partial charge in [-0.3, -0.25) is 19.6 Å². The van der Waals surface area contributed by atoms with E-state index in [1.807, 2.05) is 0 Å². The fraction of sp³-hybridized carbons (Fsp3) is 0.111. The van der Waals surface area contributed by atoms with Crippen LogP contribution in [0.25, 0.3) is 0 Å². The highest BCUT2D eigenvalue weighted by atomic mass is 35.5. The van der Waals surface area contributed by atoms with E-state index in [1.54, 1.807) is 24.3 Å². The summed E-state index contributed by atoms with van der Waals surface area (Å²) in [6, 6.07) is 10.9. The molecule has 1 N–H and O–H groups in total. The van der Waals surface area contributed by atoms with Crippen molar-refractivity contribution in [3.05, 3.63) is 70.0 Å². The Labute approximate surface area is 164 Å². The van der Waals surface area contributed by atoms with Crippen LogP contribution in [-0.4, -0.2) is 27.7 Å². The molecule has 1 heterocycles. The normalized spacial score (nSPS) is 10.4. The van der Waals surface area contributed by atoms with Crippen LogP contribution >= 0.6 is 11.6 Å². The highest BCUT2D eigenvalue weighted by Gasteiger charge is 2.15. The molecular weight excluding hydrogens is 388 g/mol. The second-order valence-electron chi connectivity index (χ2n) is 5.63. The minimum atomic E-state index is -0.571. The van der Waals surface area contributed by atoms with Gasteiger partial charge in [0, 0.05) is 18.3 Å². The summed E-state index contributed by atoms with van der Waals surface area (Å²) in [5.41, 5.74) is -0.0211. The first-order valence-corrected chi connectivity index (χ1v) is 8.40. The number of nitro groups is 1. The number of hydrogen-bond acceptors (Lipinski definition) is 6. The van der Waals surface area contributed by atoms with E-state index in [0.717, 1.165) is 0 Å². The first-order valence-electron chi connectivity index (χ1n) is 8.03. The van der Waals surface area contributed by atoms with Gasteiger partial charge in [-0.2, -0.15) is 5.10 Å². The Morgan fingerprint density at radius 1 is 1.29 bits per heavy atom. The molecule has 0 atom stereocenters. The van der Waals surface area contributed by atoms with Gasteiger partial charge >= 0.3 is 0 Å². The topological polar surface area (TPSA) is 109 Å². The van der Waals surface area contributed by atoms with Crippen LogP contribution in [0.1, 0.15) is 0 Å². The molecule has 0 saturated heterocycles. The number of hydrogen-bond donors (Lipinski definition) is 1. The van der Waals surface area contributed by atoms with E-state index in [2.05, 4.69) is 10.4 Å². The van der Waals surface area contributed by atoms with Gasteiger partial charge in [-0.05, 0) is 12.1 Å². The van der Waals surface area contributed by atoms with Gasteiger partial charge in [-0.15, -0.1) is 0 Å². The van der Waals surface area contributed by atoms with Gasteiger partial charge in [-0.1, -0.05) is 23.7 Å². The molecule has 0 bridgehead atoms. The van der Waals surface area contributed by atoms with Crippen molar-refractivity contribution in [2.24, 2.45) is 0 Å². The molecule has 0 aliphatic rings. The molecule has 0 aliphatic carbocycles. The SMILES string of the molecule is COc1ccccc1Oc1cc(NC(=O)Cn2cc(Cl)cn2)cc([N+](=O)[O-])c1. The number of carbonyl (C=O) groups is 1. The number of carbonyl (C=O) groups excluding carboxylic acids is 1. The van der Waals surface area contributed by atoms with Crippen LogP contribution in [0.2, 0.25) is 5.02 Å². The molecule has 28 heavy (non-hydrogen) atoms. The number of nitro benzene ring substituents is 1. The average Bonchev–Trinajstić information content (AvgIpc) is 3.06. The summed E-state index contributed by atoms with van der Waals surface area (Å²) >= 11 is 5.77. The summed E-state index contributed by atoms with van der Waals surface area (Å²) in [7, 11) is 1.49. The van der Waals surface area contributed by atoms with E-state index in [-0.39, 0.29) is 23.7 Å². The van der Waals surface area contributed by atoms with Crippen LogP contribution in [0, 0.1) is 10.1 Å². The minimum Gasteiger partial charge on any atom is -0.493 e. The zero-order chi connectivity index (χ0) is 20.1. The molecular formula is C18H15ClN4O5. The molecule has 0 radical (unpaired) electrons. The Hall–Kier alpha value is -3.59. The first-order chi connectivity index (χ1) is 13.4. The summed E-state index contributed by atoms with van der Waals surface area (Å²) in [6.45, 7) is -0.0991. The van der Waals surface area contributed by atoms with Gasteiger partial charge < -0.3 is 14.8 Å². The molecule has 9 nitrogen and oxygen atoms in total. The molecule has 0 fully saturated rings. The lowest BCUT2D eigenvalue weighted by molar-refractivity contribution is -0.384. The van der Waals surface area contributed by atoms with Crippen molar-refractivity contribution in [3.63, 3.8) is 0 Å². The van der Waals surface area contributed by atoms with Gasteiger partial charge in [0.25, 0.3) is 5.69 Å². The van der Waals surface area contributed by atoms with Crippen molar-refractivity contribution in [3.8, 4) is 17.2 Å². The maximum absolute atomic E-state index is 12.2. The molecule has 0 unspecified atom stereocenters. The van der Waals surface area contributed by atoms with Crippen molar-refractivity contribution < 1.29 is 19.2 Å². The second kappa shape index (κ2) is 8.40. The number of halogens is 1. The third-order valence-electron chi connectivity index (χ3n) is 3.59. The fourth-order valence-electron chi connectivity index (χ4n) is 2.42. The van der Waals surface area contributed by atoms with Gasteiger partial charge in [0.05, 0.1) is 35.0 Å². The van der Waals surface area contributed by atoms with Crippen LogP contribution < -0.4 is 14.8 Å². The van der Waals surface area contributed by atoms with Gasteiger partial charge in [0.2, 0.25) is 5.91 Å². The van der Waals surface area contributed by atoms with Crippen LogP contribution in [0.4, 0.5) is 11.4 Å². The number of amides is 1. The van der Waals surface area contributed by atoms with Crippen molar-refractivity contribution >= 4 is 28.9 Å². The number of nitrogens with zero attached hydrogens (tertiary/aromatic N) is 3. The van der Waals surface area contributed by atoms with Crippen LogP contribution in [-0.2, 0) is 11.3 Å². The molecule has 1 aromatic heterocycles. The lowest BCUT2D eigenvalue weighted by Gasteiger charge is -2.12. The summed E-state index contributed by atoms with van der Waals surface area (Å²) in [5.74, 6) is 0.601. The number of methoxy groups -OCH3 is 1.